The van der Waals surface area contributed by atoms with Gasteiger partial charge in [0, 0.05) is 0 Å². The maximum Gasteiger partial charge on any atom is 0.187 e. The van der Waals surface area contributed by atoms with Crippen molar-refractivity contribution < 1.29 is 29.6 Å². The molecule has 2 atom stereocenters. The molecule has 1 aromatic rings. The molecule has 0 saturated heterocycles. The highest BCUT2D eigenvalue weighted by molar-refractivity contribution is 5.68. The summed E-state index contributed by atoms with van der Waals surface area (Å²) >= 11 is 0. The minimum atomic E-state index is -1.38. The summed E-state index contributed by atoms with van der Waals surface area (Å²) in [6.45, 7) is -0.640. The Morgan fingerprint density at radius 3 is 2.71 bits per heavy atom. The normalized spacial score (nSPS) is 20.8. The topological polar surface area (TPSA) is 90.2 Å². The molecule has 0 unspecified atom stereocenters. The van der Waals surface area contributed by atoms with E-state index in [1.807, 2.05) is 0 Å². The van der Waals surface area contributed by atoms with Crippen LogP contribution in [0.4, 0.5) is 4.39 Å². The van der Waals surface area contributed by atoms with Crippen molar-refractivity contribution in [3.8, 4) is 5.75 Å². The van der Waals surface area contributed by atoms with Crippen LogP contribution in [0.5, 0.6) is 5.75 Å². The third-order valence-corrected chi connectivity index (χ3v) is 2.50. The molecular formula is C11H11FO5. The molecule has 1 aromatic carbocycles. The molecule has 6 heteroatoms. The highest BCUT2D eigenvalue weighted by atomic mass is 19.1. The van der Waals surface area contributed by atoms with E-state index < -0.39 is 36.2 Å². The van der Waals surface area contributed by atoms with E-state index in [1.54, 1.807) is 0 Å². The second kappa shape index (κ2) is 4.23. The fourth-order valence-corrected chi connectivity index (χ4v) is 1.61. The summed E-state index contributed by atoms with van der Waals surface area (Å²) in [6, 6.07) is 3.39. The first-order chi connectivity index (χ1) is 8.04. The van der Waals surface area contributed by atoms with Gasteiger partial charge in [0.15, 0.2) is 17.6 Å². The molecule has 1 heterocycles. The Hall–Kier alpha value is -1.79. The molecular weight excluding hydrogens is 231 g/mol. The second-order valence-corrected chi connectivity index (χ2v) is 3.66. The van der Waals surface area contributed by atoms with Crippen LogP contribution in [0.15, 0.2) is 24.0 Å². The quantitative estimate of drug-likeness (QED) is 0.613. The molecule has 1 aliphatic rings. The minimum Gasteiger partial charge on any atom is -0.505 e. The van der Waals surface area contributed by atoms with Gasteiger partial charge in [-0.15, -0.1) is 0 Å². The van der Waals surface area contributed by atoms with Crippen LogP contribution in [-0.4, -0.2) is 39.2 Å². The van der Waals surface area contributed by atoms with E-state index >= 15 is 0 Å². The van der Waals surface area contributed by atoms with Gasteiger partial charge in [-0.25, -0.2) is 4.39 Å². The Labute approximate surface area is 96.0 Å². The van der Waals surface area contributed by atoms with Crippen LogP contribution in [0.1, 0.15) is 5.56 Å². The SMILES string of the molecule is OC[C@H](O)[C@H]1Oc2ccc(F)cc2C(O)=C1O. The van der Waals surface area contributed by atoms with Crippen LogP contribution >= 0.6 is 0 Å². The lowest BCUT2D eigenvalue weighted by atomic mass is 10.0. The van der Waals surface area contributed by atoms with Crippen LogP contribution in [0.2, 0.25) is 0 Å². The van der Waals surface area contributed by atoms with Crippen LogP contribution in [0.3, 0.4) is 0 Å². The van der Waals surface area contributed by atoms with E-state index in [-0.39, 0.29) is 11.3 Å². The molecule has 0 fully saturated rings. The summed E-state index contributed by atoms with van der Waals surface area (Å²) in [6.07, 6.45) is -2.65. The average Bonchev–Trinajstić information content (AvgIpc) is 2.33. The minimum absolute atomic E-state index is 0.00360. The lowest BCUT2D eigenvalue weighted by Crippen LogP contribution is -2.38. The molecule has 0 aromatic heterocycles. The van der Waals surface area contributed by atoms with Gasteiger partial charge in [0.1, 0.15) is 17.7 Å². The third-order valence-electron chi connectivity index (χ3n) is 2.50. The molecule has 4 N–H and O–H groups in total. The smallest absolute Gasteiger partial charge is 0.187 e. The summed E-state index contributed by atoms with van der Waals surface area (Å²) < 4.78 is 18.1. The van der Waals surface area contributed by atoms with Crippen LogP contribution < -0.4 is 4.74 Å². The molecule has 2 rings (SSSR count). The zero-order chi connectivity index (χ0) is 12.6. The highest BCUT2D eigenvalue weighted by Crippen LogP contribution is 2.34. The molecule has 0 radical (unpaired) electrons. The van der Waals surface area contributed by atoms with Gasteiger partial charge in [-0.1, -0.05) is 0 Å². The maximum atomic E-state index is 13.0. The van der Waals surface area contributed by atoms with Gasteiger partial charge >= 0.3 is 0 Å². The second-order valence-electron chi connectivity index (χ2n) is 3.66. The predicted molar refractivity (Wildman–Crippen MR) is 56.1 cm³/mol. The van der Waals surface area contributed by atoms with Gasteiger partial charge in [0.2, 0.25) is 0 Å². The number of ether oxygens (including phenoxy) is 1. The zero-order valence-corrected chi connectivity index (χ0v) is 8.67. The number of fused-ring (bicyclic) bond motifs is 1. The maximum absolute atomic E-state index is 13.0. The summed E-state index contributed by atoms with van der Waals surface area (Å²) in [5.74, 6) is -1.67. The van der Waals surface area contributed by atoms with E-state index in [0.717, 1.165) is 12.1 Å². The van der Waals surface area contributed by atoms with Crippen molar-refractivity contribution in [3.05, 3.63) is 35.3 Å². The summed E-state index contributed by atoms with van der Waals surface area (Å²) in [4.78, 5) is 0. The lowest BCUT2D eigenvalue weighted by molar-refractivity contribution is -0.00434. The third kappa shape index (κ3) is 1.92. The first-order valence-electron chi connectivity index (χ1n) is 4.92. The number of benzene rings is 1. The van der Waals surface area contributed by atoms with Gasteiger partial charge in [-0.2, -0.15) is 0 Å². The van der Waals surface area contributed by atoms with E-state index in [1.165, 1.54) is 6.07 Å². The number of halogens is 1. The number of hydrogen-bond donors (Lipinski definition) is 4. The van der Waals surface area contributed by atoms with Gasteiger partial charge in [-0.3, -0.25) is 0 Å². The van der Waals surface area contributed by atoms with Gasteiger partial charge in [0.25, 0.3) is 0 Å². The molecule has 0 saturated carbocycles. The first-order valence-corrected chi connectivity index (χ1v) is 4.92. The Balaban J connectivity index is 2.46. The number of hydrogen-bond acceptors (Lipinski definition) is 5. The molecule has 0 bridgehead atoms. The van der Waals surface area contributed by atoms with Crippen molar-refractivity contribution in [2.24, 2.45) is 0 Å². The standard InChI is InChI=1S/C11H11FO5/c12-5-1-2-8-6(3-5)9(15)10(16)11(17-8)7(14)4-13/h1-3,7,11,13-16H,4H2/t7-,11+/m0/s1. The van der Waals surface area contributed by atoms with Crippen LogP contribution in [-0.2, 0) is 0 Å². The average molecular weight is 242 g/mol. The molecule has 5 nitrogen and oxygen atoms in total. The van der Waals surface area contributed by atoms with Crippen molar-refractivity contribution in [1.29, 1.82) is 0 Å². The summed E-state index contributed by atoms with van der Waals surface area (Å²) in [7, 11) is 0. The van der Waals surface area contributed by atoms with Crippen molar-refractivity contribution >= 4 is 5.76 Å². The van der Waals surface area contributed by atoms with Gasteiger partial charge in [0.05, 0.1) is 12.2 Å². The fourth-order valence-electron chi connectivity index (χ4n) is 1.61. The van der Waals surface area contributed by atoms with Crippen molar-refractivity contribution in [2.75, 3.05) is 6.61 Å². The highest BCUT2D eigenvalue weighted by Gasteiger charge is 2.33. The lowest BCUT2D eigenvalue weighted by Gasteiger charge is -2.28. The van der Waals surface area contributed by atoms with Crippen LogP contribution in [0, 0.1) is 5.82 Å². The number of aliphatic hydroxyl groups excluding tert-OH is 4. The molecule has 17 heavy (non-hydrogen) atoms. The number of aliphatic hydroxyl groups is 4. The van der Waals surface area contributed by atoms with Crippen molar-refractivity contribution in [1.82, 2.24) is 0 Å². The Bertz CT molecular complexity index is 471. The van der Waals surface area contributed by atoms with Gasteiger partial charge in [-0.05, 0) is 18.2 Å². The predicted octanol–water partition coefficient (Wildman–Crippen LogP) is 0.725. The molecule has 0 spiro atoms. The molecule has 0 amide bonds. The zero-order valence-electron chi connectivity index (χ0n) is 8.67. The largest absolute Gasteiger partial charge is 0.505 e. The monoisotopic (exact) mass is 242 g/mol. The van der Waals surface area contributed by atoms with E-state index in [4.69, 9.17) is 9.84 Å². The molecule has 0 aliphatic carbocycles. The Kier molecular flexibility index (Phi) is 2.91. The van der Waals surface area contributed by atoms with E-state index in [9.17, 15) is 19.7 Å². The number of rotatable bonds is 2. The van der Waals surface area contributed by atoms with Gasteiger partial charge < -0.3 is 25.2 Å². The van der Waals surface area contributed by atoms with Crippen LogP contribution in [0.25, 0.3) is 5.76 Å². The summed E-state index contributed by atoms with van der Waals surface area (Å²) in [5.41, 5.74) is 0.00360. The fraction of sp³-hybridized carbons (Fsp3) is 0.273. The summed E-state index contributed by atoms with van der Waals surface area (Å²) in [5, 5.41) is 37.4. The Morgan fingerprint density at radius 1 is 1.35 bits per heavy atom. The van der Waals surface area contributed by atoms with E-state index in [2.05, 4.69) is 0 Å². The molecule has 92 valence electrons. The van der Waals surface area contributed by atoms with Crippen molar-refractivity contribution in [3.63, 3.8) is 0 Å². The van der Waals surface area contributed by atoms with Crippen molar-refractivity contribution in [2.45, 2.75) is 12.2 Å². The Morgan fingerprint density at radius 2 is 2.06 bits per heavy atom. The first kappa shape index (κ1) is 11.7. The molecule has 1 aliphatic heterocycles. The van der Waals surface area contributed by atoms with E-state index in [0.29, 0.717) is 0 Å².